The van der Waals surface area contributed by atoms with Gasteiger partial charge in [-0.25, -0.2) is 4.79 Å². The third kappa shape index (κ3) is 3.20. The lowest BCUT2D eigenvalue weighted by Crippen LogP contribution is -2.43. The summed E-state index contributed by atoms with van der Waals surface area (Å²) < 4.78 is 4.82. The van der Waals surface area contributed by atoms with Crippen LogP contribution in [0, 0.1) is 0 Å². The Morgan fingerprint density at radius 2 is 1.60 bits per heavy atom. The highest BCUT2D eigenvalue weighted by molar-refractivity contribution is 5.97. The van der Waals surface area contributed by atoms with E-state index < -0.39 is 17.9 Å². The van der Waals surface area contributed by atoms with Crippen LogP contribution in [0.15, 0.2) is 60.7 Å². The zero-order valence-corrected chi connectivity index (χ0v) is 14.4. The molecule has 0 aromatic heterocycles. The average Bonchev–Trinajstić information content (AvgIpc) is 2.94. The molecule has 0 aliphatic heterocycles. The van der Waals surface area contributed by atoms with Crippen molar-refractivity contribution in [2.75, 3.05) is 7.11 Å². The zero-order chi connectivity index (χ0) is 18.0. The maximum absolute atomic E-state index is 13.0. The highest BCUT2D eigenvalue weighted by Gasteiger charge is 2.35. The molecule has 0 unspecified atom stereocenters. The molecule has 0 spiro atoms. The molecule has 4 heteroatoms. The Kier molecular flexibility index (Phi) is 4.70. The second-order valence-electron chi connectivity index (χ2n) is 6.35. The van der Waals surface area contributed by atoms with E-state index in [4.69, 9.17) is 4.74 Å². The third-order valence-electron chi connectivity index (χ3n) is 4.45. The SMILES string of the molecule is C=C(C)C[C@@H](NC(=O)C1c2ccccc2-c2ccccc21)C(=O)OC. The van der Waals surface area contributed by atoms with Gasteiger partial charge >= 0.3 is 5.97 Å². The van der Waals surface area contributed by atoms with Crippen molar-refractivity contribution in [1.29, 1.82) is 0 Å². The molecule has 1 amide bonds. The standard InChI is InChI=1S/C21H21NO3/c1-13(2)12-18(21(24)25-3)22-20(23)19-16-10-6-4-8-14(16)15-9-5-7-11-17(15)19/h4-11,18-19H,1,12H2,2-3H3,(H,22,23)/t18-/m1/s1. The quantitative estimate of drug-likeness (QED) is 0.673. The molecule has 1 aliphatic carbocycles. The number of esters is 1. The van der Waals surface area contributed by atoms with Crippen molar-refractivity contribution in [1.82, 2.24) is 5.32 Å². The molecule has 0 radical (unpaired) electrons. The number of carbonyl (C=O) groups excluding carboxylic acids is 2. The predicted molar refractivity (Wildman–Crippen MR) is 97.1 cm³/mol. The second kappa shape index (κ2) is 6.93. The monoisotopic (exact) mass is 335 g/mol. The molecule has 0 fully saturated rings. The number of amides is 1. The number of methoxy groups -OCH3 is 1. The first kappa shape index (κ1) is 17.0. The fraction of sp³-hybridized carbons (Fsp3) is 0.238. The summed E-state index contributed by atoms with van der Waals surface area (Å²) in [6.45, 7) is 5.65. The lowest BCUT2D eigenvalue weighted by molar-refractivity contribution is -0.145. The largest absolute Gasteiger partial charge is 0.467 e. The van der Waals surface area contributed by atoms with E-state index in [2.05, 4.69) is 11.9 Å². The van der Waals surface area contributed by atoms with E-state index in [1.54, 1.807) is 0 Å². The minimum atomic E-state index is -0.727. The summed E-state index contributed by atoms with van der Waals surface area (Å²) in [7, 11) is 1.32. The summed E-state index contributed by atoms with van der Waals surface area (Å²) in [6, 6.07) is 15.0. The number of nitrogens with one attached hydrogen (secondary N) is 1. The van der Waals surface area contributed by atoms with Crippen molar-refractivity contribution in [2.45, 2.75) is 25.3 Å². The molecule has 3 rings (SSSR count). The maximum Gasteiger partial charge on any atom is 0.328 e. The van der Waals surface area contributed by atoms with Crippen LogP contribution in [0.25, 0.3) is 11.1 Å². The predicted octanol–water partition coefficient (Wildman–Crippen LogP) is 3.42. The maximum atomic E-state index is 13.0. The van der Waals surface area contributed by atoms with E-state index in [1.807, 2.05) is 55.5 Å². The molecule has 128 valence electrons. The number of carbonyl (C=O) groups is 2. The second-order valence-corrected chi connectivity index (χ2v) is 6.35. The van der Waals surface area contributed by atoms with Crippen molar-refractivity contribution in [3.63, 3.8) is 0 Å². The van der Waals surface area contributed by atoms with Crippen molar-refractivity contribution >= 4 is 11.9 Å². The molecular weight excluding hydrogens is 314 g/mol. The molecule has 0 saturated heterocycles. The summed E-state index contributed by atoms with van der Waals surface area (Å²) in [4.78, 5) is 25.0. The smallest absolute Gasteiger partial charge is 0.328 e. The van der Waals surface area contributed by atoms with Crippen molar-refractivity contribution in [3.8, 4) is 11.1 Å². The number of rotatable bonds is 5. The van der Waals surface area contributed by atoms with E-state index >= 15 is 0 Å². The number of fused-ring (bicyclic) bond motifs is 3. The van der Waals surface area contributed by atoms with Crippen molar-refractivity contribution in [3.05, 3.63) is 71.8 Å². The van der Waals surface area contributed by atoms with Crippen LogP contribution in [0.3, 0.4) is 0 Å². The molecule has 0 saturated carbocycles. The van der Waals surface area contributed by atoms with Crippen molar-refractivity contribution in [2.24, 2.45) is 0 Å². The average molecular weight is 335 g/mol. The van der Waals surface area contributed by atoms with Crippen molar-refractivity contribution < 1.29 is 14.3 Å². The molecule has 0 heterocycles. The summed E-state index contributed by atoms with van der Waals surface area (Å²) in [6.07, 6.45) is 0.356. The fourth-order valence-corrected chi connectivity index (χ4v) is 3.38. The number of benzene rings is 2. The lowest BCUT2D eigenvalue weighted by Gasteiger charge is -2.20. The van der Waals surface area contributed by atoms with Crippen LogP contribution in [-0.2, 0) is 14.3 Å². The van der Waals surface area contributed by atoms with Gasteiger partial charge < -0.3 is 10.1 Å². The Hall–Kier alpha value is -2.88. The topological polar surface area (TPSA) is 55.4 Å². The van der Waals surface area contributed by atoms with Gasteiger partial charge in [-0.15, -0.1) is 6.58 Å². The van der Waals surface area contributed by atoms with Crippen LogP contribution < -0.4 is 5.32 Å². The van der Waals surface area contributed by atoms with Gasteiger partial charge in [0.1, 0.15) is 6.04 Å². The van der Waals surface area contributed by atoms with Crippen LogP contribution in [0.5, 0.6) is 0 Å². The molecule has 2 aromatic rings. The first-order valence-electron chi connectivity index (χ1n) is 8.23. The van der Waals surface area contributed by atoms with Gasteiger partial charge in [-0.05, 0) is 35.6 Å². The summed E-state index contributed by atoms with van der Waals surface area (Å²) in [5.74, 6) is -1.09. The normalized spacial score (nSPS) is 13.5. The molecule has 2 aromatic carbocycles. The molecule has 25 heavy (non-hydrogen) atoms. The van der Waals surface area contributed by atoms with Gasteiger partial charge in [0.05, 0.1) is 13.0 Å². The van der Waals surface area contributed by atoms with Gasteiger partial charge in [-0.1, -0.05) is 54.1 Å². The van der Waals surface area contributed by atoms with Crippen LogP contribution in [0.1, 0.15) is 30.4 Å². The summed E-state index contributed by atoms with van der Waals surface area (Å²) >= 11 is 0. The van der Waals surface area contributed by atoms with E-state index in [-0.39, 0.29) is 5.91 Å². The van der Waals surface area contributed by atoms with E-state index in [0.29, 0.717) is 6.42 Å². The van der Waals surface area contributed by atoms with Gasteiger partial charge in [0.15, 0.2) is 0 Å². The molecule has 4 nitrogen and oxygen atoms in total. The summed E-state index contributed by atoms with van der Waals surface area (Å²) in [5.41, 5.74) is 4.85. The number of hydrogen-bond donors (Lipinski definition) is 1. The Balaban J connectivity index is 1.94. The highest BCUT2D eigenvalue weighted by atomic mass is 16.5. The van der Waals surface area contributed by atoms with Gasteiger partial charge in [-0.3, -0.25) is 4.79 Å². The molecule has 1 N–H and O–H groups in total. The Bertz CT molecular complexity index is 795. The Labute approximate surface area is 147 Å². The number of hydrogen-bond acceptors (Lipinski definition) is 3. The zero-order valence-electron chi connectivity index (χ0n) is 14.4. The Morgan fingerprint density at radius 3 is 2.08 bits per heavy atom. The third-order valence-corrected chi connectivity index (χ3v) is 4.45. The van der Waals surface area contributed by atoms with Crippen LogP contribution >= 0.6 is 0 Å². The minimum Gasteiger partial charge on any atom is -0.467 e. The molecule has 0 bridgehead atoms. The van der Waals surface area contributed by atoms with Gasteiger partial charge in [0.25, 0.3) is 0 Å². The first-order valence-corrected chi connectivity index (χ1v) is 8.23. The van der Waals surface area contributed by atoms with Crippen LogP contribution in [0.2, 0.25) is 0 Å². The fourth-order valence-electron chi connectivity index (χ4n) is 3.38. The van der Waals surface area contributed by atoms with Gasteiger partial charge in [-0.2, -0.15) is 0 Å². The Morgan fingerprint density at radius 1 is 1.08 bits per heavy atom. The molecule has 1 aliphatic rings. The molecular formula is C21H21NO3. The van der Waals surface area contributed by atoms with E-state index in [9.17, 15) is 9.59 Å². The first-order chi connectivity index (χ1) is 12.0. The van der Waals surface area contributed by atoms with Gasteiger partial charge in [0, 0.05) is 0 Å². The van der Waals surface area contributed by atoms with E-state index in [1.165, 1.54) is 7.11 Å². The minimum absolute atomic E-state index is 0.200. The lowest BCUT2D eigenvalue weighted by atomic mass is 9.95. The van der Waals surface area contributed by atoms with Crippen LogP contribution in [0.4, 0.5) is 0 Å². The van der Waals surface area contributed by atoms with Crippen LogP contribution in [-0.4, -0.2) is 25.0 Å². The summed E-state index contributed by atoms with van der Waals surface area (Å²) in [5, 5.41) is 2.85. The highest BCUT2D eigenvalue weighted by Crippen LogP contribution is 2.44. The van der Waals surface area contributed by atoms with E-state index in [0.717, 1.165) is 27.8 Å². The van der Waals surface area contributed by atoms with Gasteiger partial charge in [0.2, 0.25) is 5.91 Å². The number of ether oxygens (including phenoxy) is 1. The molecule has 1 atom stereocenters.